The van der Waals surface area contributed by atoms with Crippen molar-refractivity contribution in [2.45, 2.75) is 6.42 Å². The van der Waals surface area contributed by atoms with Gasteiger partial charge in [0, 0.05) is 12.7 Å². The summed E-state index contributed by atoms with van der Waals surface area (Å²) in [4.78, 5) is 3.82. The highest BCUT2D eigenvalue weighted by molar-refractivity contribution is 6.30. The van der Waals surface area contributed by atoms with Crippen LogP contribution in [0.2, 0.25) is 5.02 Å². The third kappa shape index (κ3) is 3.17. The second-order valence-corrected chi connectivity index (χ2v) is 4.19. The first-order valence-corrected chi connectivity index (χ1v) is 5.83. The van der Waals surface area contributed by atoms with Gasteiger partial charge in [0.05, 0.1) is 5.02 Å². The lowest BCUT2D eigenvalue weighted by Crippen LogP contribution is -2.08. The van der Waals surface area contributed by atoms with Crippen LogP contribution >= 0.6 is 11.6 Å². The van der Waals surface area contributed by atoms with Crippen LogP contribution < -0.4 is 5.32 Å². The second kappa shape index (κ2) is 5.78. The first-order valence-electron chi connectivity index (χ1n) is 5.45. The number of nitrogens with zero attached hydrogens (tertiary/aromatic N) is 1. The predicted molar refractivity (Wildman–Crippen MR) is 67.8 cm³/mol. The molecule has 0 saturated carbocycles. The maximum atomic E-state index is 13.4. The summed E-state index contributed by atoms with van der Waals surface area (Å²) < 4.78 is 26.7. The number of nitrogens with one attached hydrogen (secondary N) is 1. The summed E-state index contributed by atoms with van der Waals surface area (Å²) in [6.07, 6.45) is 1.81. The predicted octanol–water partition coefficient (Wildman–Crippen LogP) is 3.67. The van der Waals surface area contributed by atoms with Crippen LogP contribution in [0.1, 0.15) is 5.56 Å². The van der Waals surface area contributed by atoms with Gasteiger partial charge in [-0.3, -0.25) is 0 Å². The van der Waals surface area contributed by atoms with Gasteiger partial charge in [-0.15, -0.1) is 0 Å². The molecule has 1 heterocycles. The molecule has 5 heteroatoms. The SMILES string of the molecule is Fc1ccccc1CCNc1ncc(Cl)cc1F. The fourth-order valence-electron chi connectivity index (χ4n) is 1.56. The van der Waals surface area contributed by atoms with E-state index in [0.29, 0.717) is 18.5 Å². The van der Waals surface area contributed by atoms with E-state index < -0.39 is 5.82 Å². The van der Waals surface area contributed by atoms with Crippen molar-refractivity contribution in [2.75, 3.05) is 11.9 Å². The van der Waals surface area contributed by atoms with Gasteiger partial charge in [0.1, 0.15) is 5.82 Å². The van der Waals surface area contributed by atoms with Crippen LogP contribution in [0.15, 0.2) is 36.5 Å². The first kappa shape index (κ1) is 12.8. The van der Waals surface area contributed by atoms with Crippen molar-refractivity contribution in [1.82, 2.24) is 4.98 Å². The van der Waals surface area contributed by atoms with Crippen LogP contribution in [0.3, 0.4) is 0 Å². The molecule has 18 heavy (non-hydrogen) atoms. The maximum absolute atomic E-state index is 13.4. The Labute approximate surface area is 109 Å². The Kier molecular flexibility index (Phi) is 4.10. The lowest BCUT2D eigenvalue weighted by Gasteiger charge is -2.07. The van der Waals surface area contributed by atoms with Gasteiger partial charge in [-0.2, -0.15) is 0 Å². The number of halogens is 3. The molecule has 0 amide bonds. The Morgan fingerprint density at radius 1 is 1.17 bits per heavy atom. The molecule has 0 aliphatic carbocycles. The van der Waals surface area contributed by atoms with Gasteiger partial charge in [-0.25, -0.2) is 13.8 Å². The molecule has 0 aliphatic heterocycles. The van der Waals surface area contributed by atoms with E-state index in [9.17, 15) is 8.78 Å². The van der Waals surface area contributed by atoms with Gasteiger partial charge >= 0.3 is 0 Å². The van der Waals surface area contributed by atoms with Crippen LogP contribution in [-0.4, -0.2) is 11.5 Å². The number of rotatable bonds is 4. The molecule has 0 atom stereocenters. The number of pyridine rings is 1. The van der Waals surface area contributed by atoms with E-state index in [0.717, 1.165) is 0 Å². The minimum atomic E-state index is -0.518. The molecule has 1 N–H and O–H groups in total. The molecule has 2 rings (SSSR count). The van der Waals surface area contributed by atoms with Crippen LogP contribution in [0.4, 0.5) is 14.6 Å². The highest BCUT2D eigenvalue weighted by Crippen LogP contribution is 2.15. The molecular formula is C13H11ClF2N2. The van der Waals surface area contributed by atoms with E-state index in [1.165, 1.54) is 18.3 Å². The molecule has 94 valence electrons. The van der Waals surface area contributed by atoms with Gasteiger partial charge < -0.3 is 5.32 Å². The Morgan fingerprint density at radius 2 is 1.94 bits per heavy atom. The van der Waals surface area contributed by atoms with Crippen molar-refractivity contribution in [3.63, 3.8) is 0 Å². The van der Waals surface area contributed by atoms with Gasteiger partial charge in [0.25, 0.3) is 0 Å². The highest BCUT2D eigenvalue weighted by Gasteiger charge is 2.05. The second-order valence-electron chi connectivity index (χ2n) is 3.75. The highest BCUT2D eigenvalue weighted by atomic mass is 35.5. The van der Waals surface area contributed by atoms with Crippen molar-refractivity contribution in [3.05, 3.63) is 58.7 Å². The van der Waals surface area contributed by atoms with E-state index in [4.69, 9.17) is 11.6 Å². The Balaban J connectivity index is 1.95. The zero-order valence-corrected chi connectivity index (χ0v) is 10.2. The average Bonchev–Trinajstić information content (AvgIpc) is 2.34. The third-order valence-electron chi connectivity index (χ3n) is 2.45. The monoisotopic (exact) mass is 268 g/mol. The fraction of sp³-hybridized carbons (Fsp3) is 0.154. The number of hydrogen-bond donors (Lipinski definition) is 1. The minimum Gasteiger partial charge on any atom is -0.367 e. The number of hydrogen-bond acceptors (Lipinski definition) is 2. The molecule has 0 unspecified atom stereocenters. The molecule has 1 aromatic carbocycles. The van der Waals surface area contributed by atoms with Gasteiger partial charge in [-0.05, 0) is 24.1 Å². The van der Waals surface area contributed by atoms with Crippen molar-refractivity contribution in [2.24, 2.45) is 0 Å². The van der Waals surface area contributed by atoms with Crippen molar-refractivity contribution < 1.29 is 8.78 Å². The summed E-state index contributed by atoms with van der Waals surface area (Å²) in [5, 5.41) is 3.05. The average molecular weight is 269 g/mol. The van der Waals surface area contributed by atoms with Crippen molar-refractivity contribution in [1.29, 1.82) is 0 Å². The summed E-state index contributed by atoms with van der Waals surface area (Å²) >= 11 is 5.59. The lowest BCUT2D eigenvalue weighted by molar-refractivity contribution is 0.609. The molecule has 0 saturated heterocycles. The molecule has 0 radical (unpaired) electrons. The van der Waals surface area contributed by atoms with E-state index in [-0.39, 0.29) is 16.7 Å². The van der Waals surface area contributed by atoms with E-state index in [1.54, 1.807) is 18.2 Å². The molecule has 0 bridgehead atoms. The molecular weight excluding hydrogens is 258 g/mol. The molecule has 2 nitrogen and oxygen atoms in total. The molecule has 0 aliphatic rings. The Morgan fingerprint density at radius 3 is 2.67 bits per heavy atom. The molecule has 2 aromatic rings. The van der Waals surface area contributed by atoms with Crippen molar-refractivity contribution >= 4 is 17.4 Å². The molecule has 0 spiro atoms. The molecule has 1 aromatic heterocycles. The Hall–Kier alpha value is -1.68. The number of aromatic nitrogens is 1. The first-order chi connectivity index (χ1) is 8.66. The summed E-state index contributed by atoms with van der Waals surface area (Å²) in [5.74, 6) is -0.657. The van der Waals surface area contributed by atoms with Crippen LogP contribution in [0, 0.1) is 11.6 Å². The standard InChI is InChI=1S/C13H11ClF2N2/c14-10-7-12(16)13(18-8-10)17-6-5-9-3-1-2-4-11(9)15/h1-4,7-8H,5-6H2,(H,17,18). The minimum absolute atomic E-state index is 0.121. The topological polar surface area (TPSA) is 24.9 Å². The third-order valence-corrected chi connectivity index (χ3v) is 2.66. The smallest absolute Gasteiger partial charge is 0.166 e. The summed E-state index contributed by atoms with van der Waals surface area (Å²) in [7, 11) is 0. The van der Waals surface area contributed by atoms with Crippen molar-refractivity contribution in [3.8, 4) is 0 Å². The number of anilines is 1. The largest absolute Gasteiger partial charge is 0.367 e. The van der Waals surface area contributed by atoms with Crippen LogP contribution in [-0.2, 0) is 6.42 Å². The maximum Gasteiger partial charge on any atom is 0.166 e. The van der Waals surface area contributed by atoms with Gasteiger partial charge in [0.2, 0.25) is 0 Å². The van der Waals surface area contributed by atoms with Gasteiger partial charge in [0.15, 0.2) is 11.6 Å². The number of benzene rings is 1. The van der Waals surface area contributed by atoms with E-state index >= 15 is 0 Å². The van der Waals surface area contributed by atoms with E-state index in [2.05, 4.69) is 10.3 Å². The zero-order chi connectivity index (χ0) is 13.0. The molecule has 0 fully saturated rings. The van der Waals surface area contributed by atoms with Crippen LogP contribution in [0.5, 0.6) is 0 Å². The fourth-order valence-corrected chi connectivity index (χ4v) is 1.71. The normalized spacial score (nSPS) is 10.4. The van der Waals surface area contributed by atoms with E-state index in [1.807, 2.05) is 0 Å². The zero-order valence-electron chi connectivity index (χ0n) is 9.46. The summed E-state index contributed by atoms with van der Waals surface area (Å²) in [5.41, 5.74) is 0.583. The van der Waals surface area contributed by atoms with Gasteiger partial charge in [-0.1, -0.05) is 29.8 Å². The van der Waals surface area contributed by atoms with Crippen LogP contribution in [0.25, 0.3) is 0 Å². The Bertz CT molecular complexity index is 546. The summed E-state index contributed by atoms with van der Waals surface area (Å²) in [6.45, 7) is 0.395. The quantitative estimate of drug-likeness (QED) is 0.915. The lowest BCUT2D eigenvalue weighted by atomic mass is 10.1. The summed E-state index contributed by atoms with van der Waals surface area (Å²) in [6, 6.07) is 7.67.